The minimum Gasteiger partial charge on any atom is -0.373 e. The van der Waals surface area contributed by atoms with Gasteiger partial charge in [0.05, 0.1) is 22.8 Å². The van der Waals surface area contributed by atoms with Crippen molar-refractivity contribution in [2.24, 2.45) is 0 Å². The number of morpholine rings is 1. The maximum absolute atomic E-state index is 13.5. The Morgan fingerprint density at radius 1 is 1.12 bits per heavy atom. The van der Waals surface area contributed by atoms with E-state index in [-0.39, 0.29) is 40.9 Å². The van der Waals surface area contributed by atoms with Gasteiger partial charge in [0.15, 0.2) is 16.8 Å². The summed E-state index contributed by atoms with van der Waals surface area (Å²) in [5.74, 6) is -2.49. The zero-order chi connectivity index (χ0) is 23.8. The highest BCUT2D eigenvalue weighted by atomic mass is 32.2. The van der Waals surface area contributed by atoms with Crippen molar-refractivity contribution >= 4 is 32.4 Å². The molecule has 1 aromatic heterocycles. The molecular weight excluding hydrogens is 472 g/mol. The van der Waals surface area contributed by atoms with Crippen molar-refractivity contribution in [1.29, 1.82) is 0 Å². The number of rotatable bonds is 5. The lowest BCUT2D eigenvalue weighted by atomic mass is 10.2. The van der Waals surface area contributed by atoms with E-state index >= 15 is 0 Å². The molecule has 2 atom stereocenters. The molecule has 3 aromatic rings. The topological polar surface area (TPSA) is 88.6 Å². The summed E-state index contributed by atoms with van der Waals surface area (Å²) in [5.41, 5.74) is 0.892. The van der Waals surface area contributed by atoms with Crippen LogP contribution < -0.4 is 5.32 Å². The summed E-state index contributed by atoms with van der Waals surface area (Å²) in [7, 11) is -3.80. The van der Waals surface area contributed by atoms with Gasteiger partial charge >= 0.3 is 0 Å². The molecule has 4 rings (SSSR count). The summed E-state index contributed by atoms with van der Waals surface area (Å²) < 4.78 is 59.8. The molecule has 0 bridgehead atoms. The van der Waals surface area contributed by atoms with Gasteiger partial charge in [0, 0.05) is 29.6 Å². The van der Waals surface area contributed by atoms with Crippen LogP contribution in [0.4, 0.5) is 13.9 Å². The lowest BCUT2D eigenvalue weighted by molar-refractivity contribution is -0.0440. The Kier molecular flexibility index (Phi) is 6.57. The van der Waals surface area contributed by atoms with Crippen molar-refractivity contribution < 1.29 is 26.7 Å². The van der Waals surface area contributed by atoms with E-state index in [1.54, 1.807) is 5.38 Å². The van der Waals surface area contributed by atoms with Crippen molar-refractivity contribution in [3.8, 4) is 11.3 Å². The maximum Gasteiger partial charge on any atom is 0.257 e. The molecule has 0 saturated carbocycles. The van der Waals surface area contributed by atoms with Crippen molar-refractivity contribution in [3.63, 3.8) is 0 Å². The molecule has 11 heteroatoms. The van der Waals surface area contributed by atoms with Crippen LogP contribution in [0.5, 0.6) is 0 Å². The van der Waals surface area contributed by atoms with E-state index in [0.29, 0.717) is 11.3 Å². The van der Waals surface area contributed by atoms with Gasteiger partial charge in [0.1, 0.15) is 0 Å². The smallest absolute Gasteiger partial charge is 0.257 e. The van der Waals surface area contributed by atoms with Gasteiger partial charge in [-0.15, -0.1) is 11.3 Å². The number of nitrogens with one attached hydrogen (secondary N) is 1. The van der Waals surface area contributed by atoms with Crippen molar-refractivity contribution in [1.82, 2.24) is 9.29 Å². The Bertz CT molecular complexity index is 1290. The molecule has 0 aliphatic carbocycles. The van der Waals surface area contributed by atoms with Gasteiger partial charge in [-0.3, -0.25) is 10.1 Å². The van der Waals surface area contributed by atoms with Gasteiger partial charge in [-0.2, -0.15) is 4.31 Å². The number of hydrogen-bond acceptors (Lipinski definition) is 6. The number of anilines is 1. The Morgan fingerprint density at radius 2 is 1.85 bits per heavy atom. The summed E-state index contributed by atoms with van der Waals surface area (Å²) >= 11 is 1.11. The average molecular weight is 494 g/mol. The van der Waals surface area contributed by atoms with Crippen LogP contribution in [0, 0.1) is 11.6 Å². The molecule has 1 aliphatic heterocycles. The number of sulfonamides is 1. The first-order chi connectivity index (χ1) is 15.6. The summed E-state index contributed by atoms with van der Waals surface area (Å²) in [6.07, 6.45) is -0.465. The van der Waals surface area contributed by atoms with Crippen LogP contribution in [0.1, 0.15) is 24.2 Å². The Labute approximate surface area is 194 Å². The van der Waals surface area contributed by atoms with Crippen LogP contribution >= 0.6 is 11.3 Å². The molecular formula is C22H21F2N3O4S2. The third kappa shape index (κ3) is 5.11. The van der Waals surface area contributed by atoms with Gasteiger partial charge in [-0.25, -0.2) is 22.2 Å². The Morgan fingerprint density at radius 3 is 2.55 bits per heavy atom. The van der Waals surface area contributed by atoms with Crippen LogP contribution in [0.15, 0.2) is 52.7 Å². The van der Waals surface area contributed by atoms with Crippen molar-refractivity contribution in [2.75, 3.05) is 18.4 Å². The average Bonchev–Trinajstić information content (AvgIpc) is 3.23. The second kappa shape index (κ2) is 9.26. The van der Waals surface area contributed by atoms with Crippen LogP contribution in [-0.4, -0.2) is 48.9 Å². The number of hydrogen-bond donors (Lipinski definition) is 1. The molecule has 1 fully saturated rings. The molecule has 7 nitrogen and oxygen atoms in total. The normalized spacial score (nSPS) is 19.4. The van der Waals surface area contributed by atoms with Gasteiger partial charge in [0.25, 0.3) is 5.91 Å². The number of carbonyl (C=O) groups is 1. The molecule has 1 aliphatic rings. The van der Waals surface area contributed by atoms with Gasteiger partial charge < -0.3 is 4.74 Å². The molecule has 33 heavy (non-hydrogen) atoms. The standard InChI is InChI=1S/C22H21F2N3O4S2/c1-13-10-27(11-14(2)31-13)33(29,30)17-5-3-4-16(8-17)21(28)26-22-25-20(12-32-22)15-6-7-18(23)19(24)9-15/h3-9,12-14H,10-11H2,1-2H3,(H,25,26,28)/t13-,14-/m1/s1. The first kappa shape index (κ1) is 23.4. The van der Waals surface area contributed by atoms with Crippen LogP contribution in [0.25, 0.3) is 11.3 Å². The molecule has 1 N–H and O–H groups in total. The van der Waals surface area contributed by atoms with E-state index in [0.717, 1.165) is 23.5 Å². The van der Waals surface area contributed by atoms with E-state index in [1.165, 1.54) is 34.6 Å². The fourth-order valence-electron chi connectivity index (χ4n) is 3.56. The highest BCUT2D eigenvalue weighted by Crippen LogP contribution is 2.27. The van der Waals surface area contributed by atoms with Gasteiger partial charge in [-0.05, 0) is 50.2 Å². The quantitative estimate of drug-likeness (QED) is 0.577. The molecule has 0 unspecified atom stereocenters. The molecule has 0 spiro atoms. The number of nitrogens with zero attached hydrogens (tertiary/aromatic N) is 2. The third-order valence-electron chi connectivity index (χ3n) is 5.06. The first-order valence-electron chi connectivity index (χ1n) is 10.1. The van der Waals surface area contributed by atoms with E-state index in [1.807, 2.05) is 13.8 Å². The van der Waals surface area contributed by atoms with Crippen molar-refractivity contribution in [3.05, 3.63) is 65.0 Å². The number of carbonyl (C=O) groups excluding carboxylic acids is 1. The largest absolute Gasteiger partial charge is 0.373 e. The third-order valence-corrected chi connectivity index (χ3v) is 7.65. The van der Waals surface area contributed by atoms with Gasteiger partial charge in [0.2, 0.25) is 10.0 Å². The number of ether oxygens (including phenoxy) is 1. The summed E-state index contributed by atoms with van der Waals surface area (Å²) in [4.78, 5) is 17.0. The number of thiazole rings is 1. The Hall–Kier alpha value is -2.73. The molecule has 2 heterocycles. The summed E-state index contributed by atoms with van der Waals surface area (Å²) in [6, 6.07) is 9.19. The fraction of sp³-hybridized carbons (Fsp3) is 0.273. The summed E-state index contributed by atoms with van der Waals surface area (Å²) in [5, 5.41) is 4.46. The monoisotopic (exact) mass is 493 g/mol. The molecule has 174 valence electrons. The van der Waals surface area contributed by atoms with E-state index in [2.05, 4.69) is 10.3 Å². The lowest BCUT2D eigenvalue weighted by Crippen LogP contribution is -2.48. The number of amides is 1. The second-order valence-electron chi connectivity index (χ2n) is 7.73. The highest BCUT2D eigenvalue weighted by molar-refractivity contribution is 7.89. The predicted molar refractivity (Wildman–Crippen MR) is 121 cm³/mol. The van der Waals surface area contributed by atoms with Crippen LogP contribution in [-0.2, 0) is 14.8 Å². The number of aromatic nitrogens is 1. The minimum atomic E-state index is -3.80. The SMILES string of the molecule is C[C@@H]1CN(S(=O)(=O)c2cccc(C(=O)Nc3nc(-c4ccc(F)c(F)c4)cs3)c2)C[C@@H](C)O1. The summed E-state index contributed by atoms with van der Waals surface area (Å²) in [6.45, 7) is 4.08. The molecule has 1 saturated heterocycles. The second-order valence-corrected chi connectivity index (χ2v) is 10.5. The van der Waals surface area contributed by atoms with Crippen molar-refractivity contribution in [2.45, 2.75) is 31.0 Å². The van der Waals surface area contributed by atoms with E-state index in [9.17, 15) is 22.0 Å². The molecule has 1 amide bonds. The molecule has 0 radical (unpaired) electrons. The lowest BCUT2D eigenvalue weighted by Gasteiger charge is -2.34. The maximum atomic E-state index is 13.5. The van der Waals surface area contributed by atoms with E-state index < -0.39 is 27.6 Å². The Balaban J connectivity index is 1.51. The minimum absolute atomic E-state index is 0.0121. The molecule has 2 aromatic carbocycles. The van der Waals surface area contributed by atoms with E-state index in [4.69, 9.17) is 4.74 Å². The zero-order valence-corrected chi connectivity index (χ0v) is 19.4. The van der Waals surface area contributed by atoms with Crippen LogP contribution in [0.3, 0.4) is 0 Å². The van der Waals surface area contributed by atoms with Crippen LogP contribution in [0.2, 0.25) is 0 Å². The number of halogens is 2. The number of benzene rings is 2. The first-order valence-corrected chi connectivity index (χ1v) is 12.4. The predicted octanol–water partition coefficient (Wildman–Crippen LogP) is 4.14. The highest BCUT2D eigenvalue weighted by Gasteiger charge is 2.32. The fourth-order valence-corrected chi connectivity index (χ4v) is 5.91. The van der Waals surface area contributed by atoms with Gasteiger partial charge in [-0.1, -0.05) is 6.07 Å². The zero-order valence-electron chi connectivity index (χ0n) is 17.8.